The number of rotatable bonds is 6. The molecule has 2 N–H and O–H groups in total. The van der Waals surface area contributed by atoms with Crippen molar-refractivity contribution in [1.82, 2.24) is 0 Å². The maximum absolute atomic E-state index is 13.4. The topological polar surface area (TPSA) is 53.7 Å². The van der Waals surface area contributed by atoms with Gasteiger partial charge in [-0.2, -0.15) is 0 Å². The molecule has 1 aromatic carbocycles. The summed E-state index contributed by atoms with van der Waals surface area (Å²) in [7, 11) is 4.46. The summed E-state index contributed by atoms with van der Waals surface area (Å²) >= 11 is 0. The molecule has 1 aromatic rings. The van der Waals surface area contributed by atoms with Crippen LogP contribution in [0.25, 0.3) is 0 Å². The van der Waals surface area contributed by atoms with Gasteiger partial charge in [-0.15, -0.1) is 0 Å². The zero-order chi connectivity index (χ0) is 12.8. The SMILES string of the molecule is COc1ccc(CC(N)C(OC)OC)cc1F. The third kappa shape index (κ3) is 3.66. The Morgan fingerprint density at radius 2 is 1.88 bits per heavy atom. The van der Waals surface area contributed by atoms with Gasteiger partial charge in [-0.05, 0) is 24.1 Å². The van der Waals surface area contributed by atoms with Gasteiger partial charge in [0.2, 0.25) is 0 Å². The van der Waals surface area contributed by atoms with E-state index in [-0.39, 0.29) is 11.8 Å². The molecule has 96 valence electrons. The Morgan fingerprint density at radius 1 is 1.24 bits per heavy atom. The fourth-order valence-corrected chi connectivity index (χ4v) is 1.65. The second-order valence-electron chi connectivity index (χ2n) is 3.68. The molecule has 0 heterocycles. The molecule has 0 aliphatic rings. The van der Waals surface area contributed by atoms with Crippen molar-refractivity contribution in [2.75, 3.05) is 21.3 Å². The molecule has 0 spiro atoms. The third-order valence-corrected chi connectivity index (χ3v) is 2.50. The van der Waals surface area contributed by atoms with Crippen LogP contribution in [-0.2, 0) is 15.9 Å². The van der Waals surface area contributed by atoms with Crippen molar-refractivity contribution in [3.05, 3.63) is 29.6 Å². The molecule has 0 aliphatic heterocycles. The van der Waals surface area contributed by atoms with Crippen molar-refractivity contribution in [3.8, 4) is 5.75 Å². The van der Waals surface area contributed by atoms with Crippen LogP contribution in [0.1, 0.15) is 5.56 Å². The molecule has 0 aliphatic carbocycles. The van der Waals surface area contributed by atoms with Gasteiger partial charge in [0, 0.05) is 14.2 Å². The zero-order valence-electron chi connectivity index (χ0n) is 10.3. The lowest BCUT2D eigenvalue weighted by molar-refractivity contribution is -0.115. The first kappa shape index (κ1) is 13.9. The highest BCUT2D eigenvalue weighted by molar-refractivity contribution is 5.29. The molecule has 5 heteroatoms. The van der Waals surface area contributed by atoms with Crippen LogP contribution < -0.4 is 10.5 Å². The highest BCUT2D eigenvalue weighted by Crippen LogP contribution is 2.18. The van der Waals surface area contributed by atoms with Gasteiger partial charge >= 0.3 is 0 Å². The Morgan fingerprint density at radius 3 is 2.35 bits per heavy atom. The number of ether oxygens (including phenoxy) is 3. The Balaban J connectivity index is 2.71. The van der Waals surface area contributed by atoms with E-state index in [0.717, 1.165) is 5.56 Å². The molecule has 1 unspecified atom stereocenters. The number of nitrogens with two attached hydrogens (primary N) is 1. The average Bonchev–Trinajstić information content (AvgIpc) is 2.31. The van der Waals surface area contributed by atoms with Crippen molar-refractivity contribution in [2.24, 2.45) is 5.73 Å². The van der Waals surface area contributed by atoms with Gasteiger partial charge in [0.1, 0.15) is 0 Å². The van der Waals surface area contributed by atoms with Crippen LogP contribution in [0.5, 0.6) is 5.75 Å². The van der Waals surface area contributed by atoms with E-state index in [0.29, 0.717) is 6.42 Å². The summed E-state index contributed by atoms with van der Waals surface area (Å²) in [5.41, 5.74) is 6.66. The highest BCUT2D eigenvalue weighted by Gasteiger charge is 2.17. The maximum Gasteiger partial charge on any atom is 0.172 e. The van der Waals surface area contributed by atoms with Gasteiger partial charge in [0.25, 0.3) is 0 Å². The van der Waals surface area contributed by atoms with Crippen molar-refractivity contribution in [1.29, 1.82) is 0 Å². The minimum atomic E-state index is -0.500. The first-order valence-corrected chi connectivity index (χ1v) is 5.26. The number of methoxy groups -OCH3 is 3. The molecule has 0 amide bonds. The van der Waals surface area contributed by atoms with Crippen LogP contribution >= 0.6 is 0 Å². The Kier molecular flexibility index (Phi) is 5.34. The predicted molar refractivity (Wildman–Crippen MR) is 62.4 cm³/mol. The maximum atomic E-state index is 13.4. The molecule has 0 fully saturated rings. The number of hydrogen-bond donors (Lipinski definition) is 1. The summed E-state index contributed by atoms with van der Waals surface area (Å²) in [6.45, 7) is 0. The van der Waals surface area contributed by atoms with E-state index < -0.39 is 12.1 Å². The van der Waals surface area contributed by atoms with Crippen molar-refractivity contribution in [3.63, 3.8) is 0 Å². The van der Waals surface area contributed by atoms with Crippen LogP contribution in [0.15, 0.2) is 18.2 Å². The quantitative estimate of drug-likeness (QED) is 0.766. The number of halogens is 1. The predicted octanol–water partition coefficient (Wildman–Crippen LogP) is 1.32. The largest absolute Gasteiger partial charge is 0.494 e. The standard InChI is InChI=1S/C12H18FNO3/c1-15-11-5-4-8(6-9(11)13)7-10(14)12(16-2)17-3/h4-6,10,12H,7,14H2,1-3H3. The molecule has 0 bridgehead atoms. The molecule has 1 atom stereocenters. The Labute approximate surface area is 100 Å². The molecule has 0 saturated carbocycles. The molecule has 0 aromatic heterocycles. The fraction of sp³-hybridized carbons (Fsp3) is 0.500. The molecule has 4 nitrogen and oxygen atoms in total. The van der Waals surface area contributed by atoms with Crippen molar-refractivity contribution in [2.45, 2.75) is 18.8 Å². The van der Waals surface area contributed by atoms with E-state index in [1.807, 2.05) is 0 Å². The lowest BCUT2D eigenvalue weighted by Crippen LogP contribution is -2.39. The van der Waals surface area contributed by atoms with E-state index in [2.05, 4.69) is 0 Å². The number of benzene rings is 1. The molecular weight excluding hydrogens is 225 g/mol. The summed E-state index contributed by atoms with van der Waals surface area (Å²) in [5, 5.41) is 0. The van der Waals surface area contributed by atoms with Gasteiger partial charge in [-0.25, -0.2) is 4.39 Å². The van der Waals surface area contributed by atoms with E-state index >= 15 is 0 Å². The summed E-state index contributed by atoms with van der Waals surface area (Å²) in [4.78, 5) is 0. The third-order valence-electron chi connectivity index (χ3n) is 2.50. The summed E-state index contributed by atoms with van der Waals surface area (Å²) < 4.78 is 28.4. The van der Waals surface area contributed by atoms with Crippen LogP contribution in [0.3, 0.4) is 0 Å². The lowest BCUT2D eigenvalue weighted by atomic mass is 10.1. The van der Waals surface area contributed by atoms with Gasteiger partial charge in [-0.3, -0.25) is 0 Å². The normalized spacial score (nSPS) is 12.8. The average molecular weight is 243 g/mol. The Hall–Kier alpha value is -1.17. The van der Waals surface area contributed by atoms with Crippen LogP contribution in [0.2, 0.25) is 0 Å². The number of hydrogen-bond acceptors (Lipinski definition) is 4. The summed E-state index contributed by atoms with van der Waals surface area (Å²) in [5.74, 6) is -0.180. The van der Waals surface area contributed by atoms with E-state index in [1.165, 1.54) is 27.4 Å². The minimum absolute atomic E-state index is 0.220. The lowest BCUT2D eigenvalue weighted by Gasteiger charge is -2.21. The zero-order valence-corrected chi connectivity index (χ0v) is 10.3. The summed E-state index contributed by atoms with van der Waals surface area (Å²) in [6.07, 6.45) is -0.0343. The van der Waals surface area contributed by atoms with E-state index in [4.69, 9.17) is 19.9 Å². The second-order valence-corrected chi connectivity index (χ2v) is 3.68. The van der Waals surface area contributed by atoms with Crippen LogP contribution in [0, 0.1) is 5.82 Å². The molecule has 17 heavy (non-hydrogen) atoms. The second kappa shape index (κ2) is 6.54. The van der Waals surface area contributed by atoms with Crippen molar-refractivity contribution < 1.29 is 18.6 Å². The fourth-order valence-electron chi connectivity index (χ4n) is 1.65. The molecule has 0 saturated heterocycles. The summed E-state index contributed by atoms with van der Waals surface area (Å²) in [6, 6.07) is 4.40. The first-order valence-electron chi connectivity index (χ1n) is 5.26. The van der Waals surface area contributed by atoms with Crippen LogP contribution in [-0.4, -0.2) is 33.7 Å². The Bertz CT molecular complexity index is 356. The van der Waals surface area contributed by atoms with Gasteiger partial charge < -0.3 is 19.9 Å². The van der Waals surface area contributed by atoms with E-state index in [9.17, 15) is 4.39 Å². The van der Waals surface area contributed by atoms with E-state index in [1.54, 1.807) is 12.1 Å². The minimum Gasteiger partial charge on any atom is -0.494 e. The van der Waals surface area contributed by atoms with Gasteiger partial charge in [0.15, 0.2) is 17.9 Å². The monoisotopic (exact) mass is 243 g/mol. The molecule has 1 rings (SSSR count). The van der Waals surface area contributed by atoms with Gasteiger partial charge in [-0.1, -0.05) is 6.07 Å². The highest BCUT2D eigenvalue weighted by atomic mass is 19.1. The van der Waals surface area contributed by atoms with Crippen LogP contribution in [0.4, 0.5) is 4.39 Å². The molecule has 0 radical (unpaired) electrons. The molecular formula is C12H18FNO3. The van der Waals surface area contributed by atoms with Gasteiger partial charge in [0.05, 0.1) is 13.2 Å². The van der Waals surface area contributed by atoms with Crippen molar-refractivity contribution >= 4 is 0 Å². The smallest absolute Gasteiger partial charge is 0.172 e. The first-order chi connectivity index (χ1) is 8.12.